The summed E-state index contributed by atoms with van der Waals surface area (Å²) in [4.78, 5) is 31.1. The molecule has 5 nitrogen and oxygen atoms in total. The quantitative estimate of drug-likeness (QED) is 0.792. The molecule has 0 aromatic heterocycles. The monoisotopic (exact) mass is 274 g/mol. The molecular weight excluding hydrogens is 256 g/mol. The van der Waals surface area contributed by atoms with Gasteiger partial charge in [-0.1, -0.05) is 25.0 Å². The fraction of sp³-hybridized carbons (Fsp3) is 0.467. The van der Waals surface area contributed by atoms with Crippen molar-refractivity contribution in [3.05, 3.63) is 35.4 Å². The molecule has 2 aliphatic rings. The summed E-state index contributed by atoms with van der Waals surface area (Å²) in [6.07, 6.45) is 4.63. The van der Waals surface area contributed by atoms with E-state index in [-0.39, 0.29) is 18.5 Å². The van der Waals surface area contributed by atoms with E-state index in [2.05, 4.69) is 0 Å². The molecular formula is C15H18N2O3. The summed E-state index contributed by atoms with van der Waals surface area (Å²) in [7, 11) is 0. The molecule has 0 unspecified atom stereocenters. The summed E-state index contributed by atoms with van der Waals surface area (Å²) in [6.45, 7) is 1.73. The summed E-state index contributed by atoms with van der Waals surface area (Å²) in [5.74, 6) is -0.527. The molecule has 5 heteroatoms. The third-order valence-electron chi connectivity index (χ3n) is 3.81. The van der Waals surface area contributed by atoms with Crippen LogP contribution in [0.5, 0.6) is 0 Å². The van der Waals surface area contributed by atoms with Gasteiger partial charge in [-0.3, -0.25) is 14.4 Å². The van der Waals surface area contributed by atoms with E-state index in [4.69, 9.17) is 4.84 Å². The molecule has 1 aromatic carbocycles. The number of carbonyl (C=O) groups excluding carboxylic acids is 2. The van der Waals surface area contributed by atoms with Crippen LogP contribution in [0.3, 0.4) is 0 Å². The van der Waals surface area contributed by atoms with Crippen molar-refractivity contribution in [3.63, 3.8) is 0 Å². The lowest BCUT2D eigenvalue weighted by Gasteiger charge is -2.22. The minimum atomic E-state index is -0.263. The van der Waals surface area contributed by atoms with Gasteiger partial charge >= 0.3 is 0 Å². The smallest absolute Gasteiger partial charge is 0.263 e. The van der Waals surface area contributed by atoms with E-state index in [9.17, 15) is 9.59 Å². The summed E-state index contributed by atoms with van der Waals surface area (Å²) < 4.78 is 0. The van der Waals surface area contributed by atoms with Gasteiger partial charge in [-0.2, -0.15) is 5.06 Å². The van der Waals surface area contributed by atoms with Gasteiger partial charge in [-0.25, -0.2) is 4.90 Å². The van der Waals surface area contributed by atoms with Crippen molar-refractivity contribution in [3.8, 4) is 0 Å². The second kappa shape index (κ2) is 5.73. The van der Waals surface area contributed by atoms with Crippen LogP contribution in [0.25, 0.3) is 0 Å². The topological polar surface area (TPSA) is 49.9 Å². The number of hydrogen-bond acceptors (Lipinski definition) is 4. The maximum Gasteiger partial charge on any atom is 0.263 e. The largest absolute Gasteiger partial charge is 0.277 e. The van der Waals surface area contributed by atoms with Crippen molar-refractivity contribution in [1.29, 1.82) is 0 Å². The number of hydrogen-bond donors (Lipinski definition) is 0. The number of nitrogens with zero attached hydrogens (tertiary/aromatic N) is 2. The minimum Gasteiger partial charge on any atom is -0.277 e. The standard InChI is InChI=1S/C15H18N2O3/c18-14-12-7-3-4-8-13(12)15(19)17(14)11-20-16-9-5-1-2-6-10-16/h3-4,7-8H,1-2,5-6,9-11H2. The molecule has 3 rings (SSSR count). The van der Waals surface area contributed by atoms with Gasteiger partial charge in [-0.15, -0.1) is 0 Å². The Morgan fingerprint density at radius 2 is 1.45 bits per heavy atom. The van der Waals surface area contributed by atoms with E-state index in [1.54, 1.807) is 24.3 Å². The summed E-state index contributed by atoms with van der Waals surface area (Å²) in [5, 5.41) is 1.87. The van der Waals surface area contributed by atoms with Crippen LogP contribution in [0.1, 0.15) is 46.4 Å². The van der Waals surface area contributed by atoms with Gasteiger partial charge in [0.2, 0.25) is 0 Å². The van der Waals surface area contributed by atoms with Crippen LogP contribution in [0.4, 0.5) is 0 Å². The predicted octanol–water partition coefficient (Wildman–Crippen LogP) is 2.05. The number of hydroxylamine groups is 2. The SMILES string of the molecule is O=C1c2ccccc2C(=O)N1CON1CCCCCC1. The van der Waals surface area contributed by atoms with Crippen molar-refractivity contribution in [2.24, 2.45) is 0 Å². The highest BCUT2D eigenvalue weighted by atomic mass is 16.7. The lowest BCUT2D eigenvalue weighted by atomic mass is 10.1. The van der Waals surface area contributed by atoms with E-state index in [0.29, 0.717) is 11.1 Å². The van der Waals surface area contributed by atoms with Crippen LogP contribution in [0.2, 0.25) is 0 Å². The minimum absolute atomic E-state index is 0.00630. The van der Waals surface area contributed by atoms with Crippen molar-refractivity contribution in [2.45, 2.75) is 25.7 Å². The first-order valence-corrected chi connectivity index (χ1v) is 7.10. The average molecular weight is 274 g/mol. The van der Waals surface area contributed by atoms with Crippen molar-refractivity contribution >= 4 is 11.8 Å². The molecule has 1 saturated heterocycles. The molecule has 20 heavy (non-hydrogen) atoms. The average Bonchev–Trinajstić information content (AvgIpc) is 2.68. The van der Waals surface area contributed by atoms with Gasteiger partial charge in [0, 0.05) is 13.1 Å². The molecule has 0 bridgehead atoms. The van der Waals surface area contributed by atoms with Gasteiger partial charge < -0.3 is 0 Å². The van der Waals surface area contributed by atoms with Crippen LogP contribution in [0, 0.1) is 0 Å². The Hall–Kier alpha value is -1.72. The zero-order valence-electron chi connectivity index (χ0n) is 11.4. The Morgan fingerprint density at radius 3 is 2.00 bits per heavy atom. The first-order valence-electron chi connectivity index (χ1n) is 7.10. The summed E-state index contributed by atoms with van der Waals surface area (Å²) in [5.41, 5.74) is 0.939. The summed E-state index contributed by atoms with van der Waals surface area (Å²) in [6, 6.07) is 6.90. The van der Waals surface area contributed by atoms with Gasteiger partial charge in [-0.05, 0) is 25.0 Å². The lowest BCUT2D eigenvalue weighted by molar-refractivity contribution is -0.177. The van der Waals surface area contributed by atoms with Gasteiger partial charge in [0.25, 0.3) is 11.8 Å². The molecule has 0 N–H and O–H groups in total. The zero-order valence-corrected chi connectivity index (χ0v) is 11.4. The fourth-order valence-electron chi connectivity index (χ4n) is 2.67. The first kappa shape index (κ1) is 13.3. The Labute approximate surface area is 118 Å². The van der Waals surface area contributed by atoms with E-state index >= 15 is 0 Å². The molecule has 2 heterocycles. The normalized spacial score (nSPS) is 20.1. The van der Waals surface area contributed by atoms with E-state index in [1.807, 2.05) is 5.06 Å². The van der Waals surface area contributed by atoms with Gasteiger partial charge in [0.15, 0.2) is 6.73 Å². The van der Waals surface area contributed by atoms with E-state index in [0.717, 1.165) is 25.9 Å². The number of fused-ring (bicyclic) bond motifs is 1. The second-order valence-electron chi connectivity index (χ2n) is 5.19. The number of carbonyl (C=O) groups is 2. The highest BCUT2D eigenvalue weighted by Crippen LogP contribution is 2.22. The molecule has 0 saturated carbocycles. The molecule has 0 radical (unpaired) electrons. The molecule has 2 amide bonds. The third-order valence-corrected chi connectivity index (χ3v) is 3.81. The lowest BCUT2D eigenvalue weighted by Crippen LogP contribution is -2.37. The summed E-state index contributed by atoms with van der Waals surface area (Å²) >= 11 is 0. The molecule has 1 fully saturated rings. The van der Waals surface area contributed by atoms with Crippen LogP contribution in [0.15, 0.2) is 24.3 Å². The second-order valence-corrected chi connectivity index (χ2v) is 5.19. The number of rotatable bonds is 3. The molecule has 0 spiro atoms. The Balaban J connectivity index is 1.64. The Morgan fingerprint density at radius 1 is 0.900 bits per heavy atom. The maximum absolute atomic E-state index is 12.2. The van der Waals surface area contributed by atoms with Crippen molar-refractivity contribution in [2.75, 3.05) is 19.8 Å². The van der Waals surface area contributed by atoms with Crippen LogP contribution in [-0.2, 0) is 4.84 Å². The van der Waals surface area contributed by atoms with Gasteiger partial charge in [0.1, 0.15) is 0 Å². The van der Waals surface area contributed by atoms with Crippen molar-refractivity contribution in [1.82, 2.24) is 9.96 Å². The Kier molecular flexibility index (Phi) is 3.80. The molecule has 2 aliphatic heterocycles. The van der Waals surface area contributed by atoms with Crippen LogP contribution >= 0.6 is 0 Å². The molecule has 1 aromatic rings. The molecule has 0 aliphatic carbocycles. The van der Waals surface area contributed by atoms with Crippen LogP contribution < -0.4 is 0 Å². The molecule has 0 atom stereocenters. The third kappa shape index (κ3) is 2.46. The van der Waals surface area contributed by atoms with Crippen LogP contribution in [-0.4, -0.2) is 41.6 Å². The van der Waals surface area contributed by atoms with E-state index < -0.39 is 0 Å². The number of amides is 2. The number of imide groups is 1. The van der Waals surface area contributed by atoms with E-state index in [1.165, 1.54) is 17.7 Å². The highest BCUT2D eigenvalue weighted by molar-refractivity contribution is 6.21. The van der Waals surface area contributed by atoms with Gasteiger partial charge in [0.05, 0.1) is 11.1 Å². The highest BCUT2D eigenvalue weighted by Gasteiger charge is 2.35. The Bertz CT molecular complexity index is 487. The molecule has 106 valence electrons. The van der Waals surface area contributed by atoms with Crippen molar-refractivity contribution < 1.29 is 14.4 Å². The predicted molar refractivity (Wildman–Crippen MR) is 72.9 cm³/mol. The number of benzene rings is 1. The maximum atomic E-state index is 12.2. The zero-order chi connectivity index (χ0) is 13.9. The first-order chi connectivity index (χ1) is 9.77. The fourth-order valence-corrected chi connectivity index (χ4v) is 2.67.